The summed E-state index contributed by atoms with van der Waals surface area (Å²) in [6.07, 6.45) is 0.612. The van der Waals surface area contributed by atoms with Gasteiger partial charge in [-0.1, -0.05) is 0 Å². The Kier molecular flexibility index (Phi) is 4.60. The maximum atomic E-state index is 11.9. The highest BCUT2D eigenvalue weighted by atomic mass is 16.5. The van der Waals surface area contributed by atoms with Crippen LogP contribution in [0.15, 0.2) is 30.6 Å². The SMILES string of the molecule is CCNC(=O)[C@@H](C)OC(=O)c1ccc(-n2cnnn2)cc1. The highest BCUT2D eigenvalue weighted by Crippen LogP contribution is 2.10. The Hall–Kier alpha value is -2.77. The van der Waals surface area contributed by atoms with Crippen molar-refractivity contribution in [1.29, 1.82) is 0 Å². The molecule has 110 valence electrons. The molecular weight excluding hydrogens is 274 g/mol. The highest BCUT2D eigenvalue weighted by molar-refractivity contribution is 5.92. The van der Waals surface area contributed by atoms with Gasteiger partial charge in [0.2, 0.25) is 0 Å². The summed E-state index contributed by atoms with van der Waals surface area (Å²) in [4.78, 5) is 23.4. The molecular formula is C13H15N5O3. The third-order valence-corrected chi connectivity index (χ3v) is 2.72. The van der Waals surface area contributed by atoms with Crippen molar-refractivity contribution in [2.24, 2.45) is 0 Å². The second-order valence-electron chi connectivity index (χ2n) is 4.24. The fourth-order valence-corrected chi connectivity index (χ4v) is 1.63. The lowest BCUT2D eigenvalue weighted by Gasteiger charge is -2.12. The number of tetrazole rings is 1. The number of nitrogens with zero attached hydrogens (tertiary/aromatic N) is 4. The number of carbonyl (C=O) groups is 2. The third-order valence-electron chi connectivity index (χ3n) is 2.72. The first-order valence-electron chi connectivity index (χ1n) is 6.44. The number of ether oxygens (including phenoxy) is 1. The van der Waals surface area contributed by atoms with Gasteiger partial charge in [0.15, 0.2) is 6.10 Å². The maximum absolute atomic E-state index is 11.9. The van der Waals surface area contributed by atoms with Crippen molar-refractivity contribution < 1.29 is 14.3 Å². The minimum absolute atomic E-state index is 0.323. The first kappa shape index (κ1) is 14.6. The lowest BCUT2D eigenvalue weighted by atomic mass is 10.2. The quantitative estimate of drug-likeness (QED) is 0.797. The molecule has 21 heavy (non-hydrogen) atoms. The van der Waals surface area contributed by atoms with E-state index in [-0.39, 0.29) is 5.91 Å². The summed E-state index contributed by atoms with van der Waals surface area (Å²) in [5, 5.41) is 13.4. The van der Waals surface area contributed by atoms with E-state index in [0.29, 0.717) is 17.8 Å². The van der Waals surface area contributed by atoms with Gasteiger partial charge in [0.25, 0.3) is 5.91 Å². The van der Waals surface area contributed by atoms with Crippen LogP contribution in [0.25, 0.3) is 5.69 Å². The zero-order valence-electron chi connectivity index (χ0n) is 11.7. The minimum atomic E-state index is -0.836. The van der Waals surface area contributed by atoms with Gasteiger partial charge in [0, 0.05) is 6.54 Å². The first-order valence-corrected chi connectivity index (χ1v) is 6.44. The Balaban J connectivity index is 2.02. The normalized spacial score (nSPS) is 11.7. The average Bonchev–Trinajstić information content (AvgIpc) is 3.01. The summed E-state index contributed by atoms with van der Waals surface area (Å²) >= 11 is 0. The van der Waals surface area contributed by atoms with Crippen molar-refractivity contribution in [3.8, 4) is 5.69 Å². The molecule has 1 heterocycles. The van der Waals surface area contributed by atoms with Gasteiger partial charge >= 0.3 is 5.97 Å². The van der Waals surface area contributed by atoms with Crippen LogP contribution >= 0.6 is 0 Å². The lowest BCUT2D eigenvalue weighted by molar-refractivity contribution is -0.128. The van der Waals surface area contributed by atoms with Gasteiger partial charge < -0.3 is 10.1 Å². The molecule has 0 saturated carbocycles. The van der Waals surface area contributed by atoms with Gasteiger partial charge in [0.05, 0.1) is 11.3 Å². The zero-order chi connectivity index (χ0) is 15.2. The van der Waals surface area contributed by atoms with Crippen molar-refractivity contribution in [2.75, 3.05) is 6.54 Å². The Labute approximate surface area is 121 Å². The van der Waals surface area contributed by atoms with Crippen molar-refractivity contribution in [3.05, 3.63) is 36.2 Å². The number of hydrogen-bond acceptors (Lipinski definition) is 6. The third kappa shape index (κ3) is 3.62. The monoisotopic (exact) mass is 289 g/mol. The molecule has 0 aliphatic rings. The molecule has 0 radical (unpaired) electrons. The molecule has 1 aromatic carbocycles. The molecule has 0 aliphatic heterocycles. The fraction of sp³-hybridized carbons (Fsp3) is 0.308. The van der Waals surface area contributed by atoms with E-state index in [1.165, 1.54) is 17.9 Å². The van der Waals surface area contributed by atoms with Crippen LogP contribution < -0.4 is 5.32 Å². The van der Waals surface area contributed by atoms with Gasteiger partial charge in [0.1, 0.15) is 6.33 Å². The number of likely N-dealkylation sites (N-methyl/N-ethyl adjacent to an activating group) is 1. The first-order chi connectivity index (χ1) is 10.1. The van der Waals surface area contributed by atoms with Crippen LogP contribution in [0.2, 0.25) is 0 Å². The van der Waals surface area contributed by atoms with Gasteiger partial charge in [-0.15, -0.1) is 5.10 Å². The van der Waals surface area contributed by atoms with E-state index >= 15 is 0 Å². The number of amides is 1. The van der Waals surface area contributed by atoms with Crippen molar-refractivity contribution >= 4 is 11.9 Å². The van der Waals surface area contributed by atoms with E-state index in [0.717, 1.165) is 0 Å². The average molecular weight is 289 g/mol. The van der Waals surface area contributed by atoms with Crippen LogP contribution in [-0.4, -0.2) is 44.7 Å². The molecule has 2 rings (SSSR count). The number of esters is 1. The number of rotatable bonds is 5. The van der Waals surface area contributed by atoms with Crippen LogP contribution in [0.1, 0.15) is 24.2 Å². The van der Waals surface area contributed by atoms with Gasteiger partial charge in [-0.3, -0.25) is 4.79 Å². The number of nitrogens with one attached hydrogen (secondary N) is 1. The van der Waals surface area contributed by atoms with Crippen molar-refractivity contribution in [3.63, 3.8) is 0 Å². The Morgan fingerprint density at radius 1 is 1.33 bits per heavy atom. The van der Waals surface area contributed by atoms with E-state index in [2.05, 4.69) is 20.8 Å². The van der Waals surface area contributed by atoms with Crippen LogP contribution in [0.4, 0.5) is 0 Å². The molecule has 0 unspecified atom stereocenters. The van der Waals surface area contributed by atoms with Crippen LogP contribution in [-0.2, 0) is 9.53 Å². The minimum Gasteiger partial charge on any atom is -0.449 e. The Bertz CT molecular complexity index is 609. The predicted octanol–water partition coefficient (Wildman–Crippen LogP) is 0.344. The molecule has 1 aromatic heterocycles. The van der Waals surface area contributed by atoms with Gasteiger partial charge in [-0.05, 0) is 48.5 Å². The van der Waals surface area contributed by atoms with E-state index in [1.807, 2.05) is 0 Å². The number of hydrogen-bond donors (Lipinski definition) is 1. The molecule has 8 heteroatoms. The molecule has 0 spiro atoms. The van der Waals surface area contributed by atoms with E-state index in [1.54, 1.807) is 31.2 Å². The summed E-state index contributed by atoms with van der Waals surface area (Å²) in [5.74, 6) is -0.881. The molecule has 0 aliphatic carbocycles. The Morgan fingerprint density at radius 2 is 2.05 bits per heavy atom. The zero-order valence-corrected chi connectivity index (χ0v) is 11.7. The van der Waals surface area contributed by atoms with Crippen LogP contribution in [0, 0.1) is 0 Å². The molecule has 8 nitrogen and oxygen atoms in total. The molecule has 0 fully saturated rings. The van der Waals surface area contributed by atoms with Crippen LogP contribution in [0.5, 0.6) is 0 Å². The van der Waals surface area contributed by atoms with E-state index in [4.69, 9.17) is 4.74 Å². The summed E-state index contributed by atoms with van der Waals surface area (Å²) in [6.45, 7) is 3.81. The predicted molar refractivity (Wildman–Crippen MR) is 72.7 cm³/mol. The topological polar surface area (TPSA) is 99.0 Å². The standard InChI is InChI=1S/C13H15N5O3/c1-3-14-12(19)9(2)21-13(20)10-4-6-11(7-5-10)18-8-15-16-17-18/h4-9H,3H2,1-2H3,(H,14,19)/t9-/m1/s1. The molecule has 1 amide bonds. The van der Waals surface area contributed by atoms with Crippen LogP contribution in [0.3, 0.4) is 0 Å². The Morgan fingerprint density at radius 3 is 2.62 bits per heavy atom. The molecule has 0 bridgehead atoms. The number of aromatic nitrogens is 4. The van der Waals surface area contributed by atoms with Crippen molar-refractivity contribution in [2.45, 2.75) is 20.0 Å². The summed E-state index contributed by atoms with van der Waals surface area (Å²) < 4.78 is 6.55. The molecule has 0 saturated heterocycles. The summed E-state index contributed by atoms with van der Waals surface area (Å²) in [5.41, 5.74) is 1.07. The molecule has 1 N–H and O–H groups in total. The maximum Gasteiger partial charge on any atom is 0.338 e. The molecule has 2 aromatic rings. The second-order valence-corrected chi connectivity index (χ2v) is 4.24. The number of benzene rings is 1. The lowest BCUT2D eigenvalue weighted by Crippen LogP contribution is -2.35. The summed E-state index contributed by atoms with van der Waals surface area (Å²) in [6, 6.07) is 6.54. The molecule has 1 atom stereocenters. The smallest absolute Gasteiger partial charge is 0.338 e. The highest BCUT2D eigenvalue weighted by Gasteiger charge is 2.18. The largest absolute Gasteiger partial charge is 0.449 e. The van der Waals surface area contributed by atoms with E-state index in [9.17, 15) is 9.59 Å². The summed E-state index contributed by atoms with van der Waals surface area (Å²) in [7, 11) is 0. The van der Waals surface area contributed by atoms with Gasteiger partial charge in [-0.25, -0.2) is 9.48 Å². The van der Waals surface area contributed by atoms with Crippen molar-refractivity contribution in [1.82, 2.24) is 25.5 Å². The number of carbonyl (C=O) groups excluding carboxylic acids is 2. The van der Waals surface area contributed by atoms with Gasteiger partial charge in [-0.2, -0.15) is 0 Å². The fourth-order valence-electron chi connectivity index (χ4n) is 1.63. The second kappa shape index (κ2) is 6.60. The van der Waals surface area contributed by atoms with E-state index < -0.39 is 12.1 Å².